The van der Waals surface area contributed by atoms with Crippen molar-refractivity contribution >= 4 is 16.9 Å². The molecule has 1 aromatic heterocycles. The van der Waals surface area contributed by atoms with Crippen molar-refractivity contribution in [1.82, 2.24) is 4.98 Å². The van der Waals surface area contributed by atoms with Gasteiger partial charge in [-0.1, -0.05) is 30.3 Å². The highest BCUT2D eigenvalue weighted by molar-refractivity contribution is 5.97. The number of hydrogen-bond donors (Lipinski definition) is 2. The Bertz CT molecular complexity index is 790. The molecular weight excluding hydrogens is 269 g/mol. The Morgan fingerprint density at radius 2 is 1.81 bits per heavy atom. The van der Waals surface area contributed by atoms with E-state index < -0.39 is 5.97 Å². The van der Waals surface area contributed by atoms with Crippen LogP contribution in [0.3, 0.4) is 0 Å². The number of benzene rings is 2. The molecule has 2 aromatic carbocycles. The molecule has 3 rings (SSSR count). The van der Waals surface area contributed by atoms with Crippen molar-refractivity contribution < 1.29 is 14.3 Å². The van der Waals surface area contributed by atoms with Crippen LogP contribution in [-0.4, -0.2) is 16.1 Å². The van der Waals surface area contributed by atoms with Gasteiger partial charge in [-0.25, -0.2) is 4.39 Å². The molecule has 0 atom stereocenters. The van der Waals surface area contributed by atoms with Gasteiger partial charge in [0.2, 0.25) is 0 Å². The minimum Gasteiger partial charge on any atom is -0.481 e. The second-order valence-corrected chi connectivity index (χ2v) is 4.92. The maximum Gasteiger partial charge on any atom is 0.303 e. The Morgan fingerprint density at radius 3 is 2.52 bits per heavy atom. The summed E-state index contributed by atoms with van der Waals surface area (Å²) in [6.45, 7) is 0. The zero-order valence-electron chi connectivity index (χ0n) is 11.3. The van der Waals surface area contributed by atoms with Crippen LogP contribution in [0.5, 0.6) is 0 Å². The number of halogens is 1. The van der Waals surface area contributed by atoms with Gasteiger partial charge in [0.1, 0.15) is 5.82 Å². The molecule has 0 radical (unpaired) electrons. The molecule has 0 saturated heterocycles. The number of carboxylic acid groups (broad SMARTS) is 1. The topological polar surface area (TPSA) is 53.1 Å². The molecule has 0 spiro atoms. The van der Waals surface area contributed by atoms with Gasteiger partial charge in [-0.15, -0.1) is 0 Å². The summed E-state index contributed by atoms with van der Waals surface area (Å²) in [4.78, 5) is 14.1. The van der Waals surface area contributed by atoms with Crippen molar-refractivity contribution in [2.75, 3.05) is 0 Å². The van der Waals surface area contributed by atoms with E-state index >= 15 is 0 Å². The number of para-hydroxylation sites is 1. The summed E-state index contributed by atoms with van der Waals surface area (Å²) in [7, 11) is 0. The molecule has 0 bridgehead atoms. The minimum absolute atomic E-state index is 0.0566. The Labute approximate surface area is 121 Å². The zero-order valence-corrected chi connectivity index (χ0v) is 11.3. The number of aryl methyl sites for hydroxylation is 1. The molecule has 3 nitrogen and oxygen atoms in total. The highest BCUT2D eigenvalue weighted by Gasteiger charge is 2.14. The number of hydrogen-bond acceptors (Lipinski definition) is 1. The van der Waals surface area contributed by atoms with Crippen LogP contribution in [-0.2, 0) is 11.2 Å². The van der Waals surface area contributed by atoms with Gasteiger partial charge in [0.25, 0.3) is 0 Å². The van der Waals surface area contributed by atoms with Gasteiger partial charge in [-0.05, 0) is 30.2 Å². The average Bonchev–Trinajstić information content (AvgIpc) is 2.84. The third kappa shape index (κ3) is 2.65. The van der Waals surface area contributed by atoms with Crippen LogP contribution >= 0.6 is 0 Å². The molecule has 0 aliphatic heterocycles. The van der Waals surface area contributed by atoms with Crippen molar-refractivity contribution in [3.63, 3.8) is 0 Å². The van der Waals surface area contributed by atoms with Crippen molar-refractivity contribution in [2.24, 2.45) is 0 Å². The van der Waals surface area contributed by atoms with Crippen molar-refractivity contribution in [2.45, 2.75) is 12.8 Å². The summed E-state index contributed by atoms with van der Waals surface area (Å²) in [6, 6.07) is 14.1. The zero-order chi connectivity index (χ0) is 14.8. The van der Waals surface area contributed by atoms with Crippen molar-refractivity contribution in [3.8, 4) is 11.1 Å². The molecule has 4 heteroatoms. The fourth-order valence-electron chi connectivity index (χ4n) is 2.56. The highest BCUT2D eigenvalue weighted by atomic mass is 19.1. The predicted molar refractivity (Wildman–Crippen MR) is 79.6 cm³/mol. The van der Waals surface area contributed by atoms with E-state index in [1.54, 1.807) is 12.1 Å². The first kappa shape index (κ1) is 13.4. The number of aliphatic carboxylic acids is 1. The Morgan fingerprint density at radius 1 is 1.10 bits per heavy atom. The third-order valence-corrected chi connectivity index (χ3v) is 3.51. The lowest BCUT2D eigenvalue weighted by Crippen LogP contribution is -1.98. The quantitative estimate of drug-likeness (QED) is 0.760. The maximum absolute atomic E-state index is 13.1. The van der Waals surface area contributed by atoms with Gasteiger partial charge in [-0.2, -0.15) is 0 Å². The number of carbonyl (C=O) groups is 1. The summed E-state index contributed by atoms with van der Waals surface area (Å²) in [5.74, 6) is -1.12. The minimum atomic E-state index is -0.835. The molecule has 2 N–H and O–H groups in total. The van der Waals surface area contributed by atoms with E-state index in [0.29, 0.717) is 6.42 Å². The van der Waals surface area contributed by atoms with Crippen LogP contribution < -0.4 is 0 Å². The highest BCUT2D eigenvalue weighted by Crippen LogP contribution is 2.33. The number of nitrogens with one attached hydrogen (secondary N) is 1. The molecular formula is C17H14FNO2. The van der Waals surface area contributed by atoms with E-state index in [9.17, 15) is 9.18 Å². The second kappa shape index (κ2) is 5.40. The van der Waals surface area contributed by atoms with Crippen LogP contribution in [0, 0.1) is 5.82 Å². The van der Waals surface area contributed by atoms with Gasteiger partial charge >= 0.3 is 5.97 Å². The fourth-order valence-corrected chi connectivity index (χ4v) is 2.56. The molecule has 1 heterocycles. The lowest BCUT2D eigenvalue weighted by Gasteiger charge is -2.04. The van der Waals surface area contributed by atoms with E-state index in [4.69, 9.17) is 5.11 Å². The fraction of sp³-hybridized carbons (Fsp3) is 0.118. The van der Waals surface area contributed by atoms with E-state index in [0.717, 1.165) is 27.7 Å². The first-order chi connectivity index (χ1) is 10.1. The summed E-state index contributed by atoms with van der Waals surface area (Å²) in [5, 5.41) is 9.90. The van der Waals surface area contributed by atoms with Crippen LogP contribution in [0.15, 0.2) is 48.5 Å². The molecule has 106 valence electrons. The van der Waals surface area contributed by atoms with Crippen LogP contribution in [0.4, 0.5) is 4.39 Å². The Balaban J connectivity index is 2.15. The molecule has 0 amide bonds. The lowest BCUT2D eigenvalue weighted by molar-refractivity contribution is -0.136. The molecule has 0 unspecified atom stereocenters. The molecule has 0 aliphatic carbocycles. The number of rotatable bonds is 4. The number of carboxylic acids is 1. The molecule has 0 aliphatic rings. The summed E-state index contributed by atoms with van der Waals surface area (Å²) in [6.07, 6.45) is 0.470. The molecule has 0 fully saturated rings. The van der Waals surface area contributed by atoms with E-state index in [2.05, 4.69) is 4.98 Å². The Hall–Kier alpha value is -2.62. The van der Waals surface area contributed by atoms with Gasteiger partial charge in [0.15, 0.2) is 0 Å². The second-order valence-electron chi connectivity index (χ2n) is 4.92. The monoisotopic (exact) mass is 283 g/mol. The molecule has 0 saturated carbocycles. The largest absolute Gasteiger partial charge is 0.481 e. The average molecular weight is 283 g/mol. The van der Waals surface area contributed by atoms with Crippen LogP contribution in [0.25, 0.3) is 22.0 Å². The van der Waals surface area contributed by atoms with Gasteiger partial charge in [0.05, 0.1) is 6.42 Å². The summed E-state index contributed by atoms with van der Waals surface area (Å²) >= 11 is 0. The molecule has 21 heavy (non-hydrogen) atoms. The van der Waals surface area contributed by atoms with E-state index in [-0.39, 0.29) is 12.2 Å². The third-order valence-electron chi connectivity index (χ3n) is 3.51. The number of aromatic amines is 1. The smallest absolute Gasteiger partial charge is 0.303 e. The lowest BCUT2D eigenvalue weighted by atomic mass is 10.00. The molecule has 3 aromatic rings. The number of H-pyrrole nitrogens is 1. The summed E-state index contributed by atoms with van der Waals surface area (Å²) in [5.41, 5.74) is 3.66. The van der Waals surface area contributed by atoms with Gasteiger partial charge in [-0.3, -0.25) is 4.79 Å². The SMILES string of the molecule is O=C(O)CCc1[nH]c2ccccc2c1-c1ccc(F)cc1. The number of fused-ring (bicyclic) bond motifs is 1. The van der Waals surface area contributed by atoms with E-state index in [1.165, 1.54) is 12.1 Å². The van der Waals surface area contributed by atoms with E-state index in [1.807, 2.05) is 24.3 Å². The normalized spacial score (nSPS) is 10.9. The predicted octanol–water partition coefficient (Wildman–Crippen LogP) is 3.99. The van der Waals surface area contributed by atoms with Gasteiger partial charge in [0, 0.05) is 22.2 Å². The maximum atomic E-state index is 13.1. The first-order valence-electron chi connectivity index (χ1n) is 6.72. The van der Waals surface area contributed by atoms with Crippen LogP contribution in [0.1, 0.15) is 12.1 Å². The standard InChI is InChI=1S/C17H14FNO2/c18-12-7-5-11(6-8-12)17-13-3-1-2-4-14(13)19-15(17)9-10-16(20)21/h1-8,19H,9-10H2,(H,20,21). The number of aromatic nitrogens is 1. The van der Waals surface area contributed by atoms with Crippen molar-refractivity contribution in [1.29, 1.82) is 0 Å². The summed E-state index contributed by atoms with van der Waals surface area (Å²) < 4.78 is 13.1. The van der Waals surface area contributed by atoms with Crippen LogP contribution in [0.2, 0.25) is 0 Å². The van der Waals surface area contributed by atoms with Gasteiger partial charge < -0.3 is 10.1 Å². The Kier molecular flexibility index (Phi) is 3.44. The first-order valence-corrected chi connectivity index (χ1v) is 6.72. The van der Waals surface area contributed by atoms with Crippen molar-refractivity contribution in [3.05, 3.63) is 60.0 Å².